The lowest BCUT2D eigenvalue weighted by Crippen LogP contribution is -2.16. The van der Waals surface area contributed by atoms with Gasteiger partial charge < -0.3 is 9.47 Å². The van der Waals surface area contributed by atoms with Crippen LogP contribution in [0.3, 0.4) is 0 Å². The van der Waals surface area contributed by atoms with Gasteiger partial charge in [-0.25, -0.2) is 4.39 Å². The number of aromatic nitrogens is 1. The normalized spacial score (nSPS) is 12.4. The average Bonchev–Trinajstić information content (AvgIpc) is 3.78. The largest absolute Gasteiger partial charge is 0.309 e. The van der Waals surface area contributed by atoms with Gasteiger partial charge >= 0.3 is 0 Å². The minimum Gasteiger partial charge on any atom is -0.309 e. The van der Waals surface area contributed by atoms with Crippen LogP contribution in [-0.2, 0) is 5.41 Å². The first-order valence-electron chi connectivity index (χ1n) is 21.1. The van der Waals surface area contributed by atoms with Crippen molar-refractivity contribution in [3.63, 3.8) is 0 Å². The van der Waals surface area contributed by atoms with E-state index in [1.165, 1.54) is 44.1 Å². The topological polar surface area (TPSA) is 8.17 Å². The van der Waals surface area contributed by atoms with E-state index in [-0.39, 0.29) is 11.2 Å². The van der Waals surface area contributed by atoms with Crippen molar-refractivity contribution in [2.24, 2.45) is 0 Å². The predicted octanol–water partition coefficient (Wildman–Crippen LogP) is 15.4. The molecule has 0 N–H and O–H groups in total. The minimum atomic E-state index is -0.304. The monoisotopic (exact) mass is 796 g/mol. The van der Waals surface area contributed by atoms with Crippen LogP contribution in [0.15, 0.2) is 212 Å². The summed E-state index contributed by atoms with van der Waals surface area (Å²) in [4.78, 5) is 2.01. The molecule has 0 bridgehead atoms. The molecule has 62 heavy (non-hydrogen) atoms. The third-order valence-electron chi connectivity index (χ3n) is 12.4. The lowest BCUT2D eigenvalue weighted by molar-refractivity contribution is 0.630. The zero-order chi connectivity index (χ0) is 41.8. The molecule has 0 saturated heterocycles. The van der Waals surface area contributed by atoms with Crippen LogP contribution in [0, 0.1) is 17.7 Å². The van der Waals surface area contributed by atoms with E-state index >= 15 is 4.39 Å². The Morgan fingerprint density at radius 3 is 1.77 bits per heavy atom. The van der Waals surface area contributed by atoms with Crippen molar-refractivity contribution in [1.82, 2.24) is 4.57 Å². The predicted molar refractivity (Wildman–Crippen MR) is 256 cm³/mol. The van der Waals surface area contributed by atoms with Crippen LogP contribution in [0.2, 0.25) is 0 Å². The quantitative estimate of drug-likeness (QED) is 0.152. The van der Waals surface area contributed by atoms with Gasteiger partial charge in [-0.2, -0.15) is 0 Å². The summed E-state index contributed by atoms with van der Waals surface area (Å²) < 4.78 is 19.3. The van der Waals surface area contributed by atoms with E-state index in [2.05, 4.69) is 121 Å². The van der Waals surface area contributed by atoms with Crippen molar-refractivity contribution in [1.29, 1.82) is 0 Å². The molecule has 0 amide bonds. The number of para-hydroxylation sites is 3. The highest BCUT2D eigenvalue weighted by Crippen LogP contribution is 2.53. The van der Waals surface area contributed by atoms with E-state index in [9.17, 15) is 0 Å². The lowest BCUT2D eigenvalue weighted by atomic mass is 9.81. The van der Waals surface area contributed by atoms with Gasteiger partial charge in [0.2, 0.25) is 0 Å². The Hall–Kier alpha value is -7.93. The smallest absolute Gasteiger partial charge is 0.148 e. The molecule has 0 radical (unpaired) electrons. The molecule has 1 aliphatic rings. The molecule has 0 aliphatic heterocycles. The number of halogens is 1. The molecule has 1 aliphatic carbocycles. The van der Waals surface area contributed by atoms with E-state index < -0.39 is 0 Å². The van der Waals surface area contributed by atoms with Gasteiger partial charge in [0.1, 0.15) is 5.82 Å². The minimum absolute atomic E-state index is 0.265. The second-order valence-corrected chi connectivity index (χ2v) is 16.5. The number of rotatable bonds is 6. The third-order valence-corrected chi connectivity index (χ3v) is 12.4. The maximum Gasteiger partial charge on any atom is 0.148 e. The van der Waals surface area contributed by atoms with E-state index in [0.29, 0.717) is 5.69 Å². The Labute approximate surface area is 361 Å². The highest BCUT2D eigenvalue weighted by Gasteiger charge is 2.38. The van der Waals surface area contributed by atoms with Crippen molar-refractivity contribution >= 4 is 38.9 Å². The fourth-order valence-corrected chi connectivity index (χ4v) is 9.55. The van der Waals surface area contributed by atoms with Gasteiger partial charge in [-0.3, -0.25) is 0 Å². The molecule has 9 aromatic carbocycles. The fourth-order valence-electron chi connectivity index (χ4n) is 9.55. The molecule has 0 atom stereocenters. The van der Waals surface area contributed by atoms with Crippen LogP contribution in [0.4, 0.5) is 21.5 Å². The van der Waals surface area contributed by atoms with Crippen LogP contribution < -0.4 is 4.90 Å². The highest BCUT2D eigenvalue weighted by molar-refractivity contribution is 6.13. The molecule has 0 fully saturated rings. The second-order valence-electron chi connectivity index (χ2n) is 16.5. The molecule has 0 saturated carbocycles. The first-order valence-corrected chi connectivity index (χ1v) is 21.1. The van der Waals surface area contributed by atoms with Crippen LogP contribution in [0.1, 0.15) is 36.1 Å². The van der Waals surface area contributed by atoms with Crippen molar-refractivity contribution in [2.45, 2.75) is 19.3 Å². The fraction of sp³-hybridized carbons (Fsp3) is 0.0508. The molecule has 0 spiro atoms. The van der Waals surface area contributed by atoms with Crippen LogP contribution >= 0.6 is 0 Å². The molecule has 2 nitrogen and oxygen atoms in total. The van der Waals surface area contributed by atoms with Crippen molar-refractivity contribution < 1.29 is 4.39 Å². The van der Waals surface area contributed by atoms with Gasteiger partial charge in [-0.15, -0.1) is 0 Å². The van der Waals surface area contributed by atoms with E-state index in [4.69, 9.17) is 0 Å². The molecule has 1 heterocycles. The first-order chi connectivity index (χ1) is 30.4. The number of hydrogen-bond acceptors (Lipinski definition) is 1. The van der Waals surface area contributed by atoms with Crippen molar-refractivity contribution in [3.8, 4) is 50.9 Å². The highest BCUT2D eigenvalue weighted by atomic mass is 19.1. The van der Waals surface area contributed by atoms with Crippen molar-refractivity contribution in [2.75, 3.05) is 4.90 Å². The molecule has 0 unspecified atom stereocenters. The lowest BCUT2D eigenvalue weighted by Gasteiger charge is -2.29. The maximum absolute atomic E-state index is 16.9. The Morgan fingerprint density at radius 2 is 1.05 bits per heavy atom. The molecule has 10 aromatic rings. The Balaban J connectivity index is 0.967. The molecule has 3 heteroatoms. The maximum atomic E-state index is 16.9. The van der Waals surface area contributed by atoms with Crippen LogP contribution in [0.25, 0.3) is 60.9 Å². The van der Waals surface area contributed by atoms with E-state index in [0.717, 1.165) is 50.4 Å². The molecule has 1 aromatic heterocycles. The summed E-state index contributed by atoms with van der Waals surface area (Å²) in [5.74, 6) is 6.64. The number of anilines is 3. The summed E-state index contributed by atoms with van der Waals surface area (Å²) in [5.41, 5.74) is 16.1. The molecule has 11 rings (SSSR count). The van der Waals surface area contributed by atoms with Gasteiger partial charge in [0.05, 0.1) is 16.7 Å². The number of hydrogen-bond donors (Lipinski definition) is 0. The zero-order valence-corrected chi connectivity index (χ0v) is 34.5. The van der Waals surface area contributed by atoms with Gasteiger partial charge in [-0.05, 0) is 118 Å². The average molecular weight is 797 g/mol. The molecular weight excluding hydrogens is 756 g/mol. The Bertz CT molecular complexity index is 3360. The van der Waals surface area contributed by atoms with Gasteiger partial charge in [0.15, 0.2) is 0 Å². The number of benzene rings is 9. The SMILES string of the molecule is CC1(C)c2cc(C#Cc3ccc(N(c4ccccc4)c4c(F)cc(-c5ccccc5)cc4-c4ccccc4)cc3)ccc2-c2ccc3c4ccccc4n(-c4ccccc4)c3c21. The zero-order valence-electron chi connectivity index (χ0n) is 34.5. The first kappa shape index (κ1) is 37.1. The van der Waals surface area contributed by atoms with Crippen LogP contribution in [0.5, 0.6) is 0 Å². The van der Waals surface area contributed by atoms with Gasteiger partial charge in [-0.1, -0.05) is 159 Å². The third kappa shape index (κ3) is 6.19. The number of nitrogens with zero attached hydrogens (tertiary/aromatic N) is 2. The summed E-state index contributed by atoms with van der Waals surface area (Å²) in [6, 6.07) is 72.6. The van der Waals surface area contributed by atoms with E-state index in [1.54, 1.807) is 6.07 Å². The summed E-state index contributed by atoms with van der Waals surface area (Å²) in [7, 11) is 0. The summed E-state index contributed by atoms with van der Waals surface area (Å²) in [6.07, 6.45) is 0. The summed E-state index contributed by atoms with van der Waals surface area (Å²) >= 11 is 0. The standard InChI is InChI=1S/C59H41FN2/c1-59(2)53-37-41(31-34-48(53)50-35-36-51-49-25-15-16-26-55(49)62(58(51)56(50)59)46-23-13-6-14-24-46)28-27-40-29-32-47(33-30-40)61(45-21-11-5-12-22-45)57-52(43-19-9-4-10-20-43)38-44(39-54(57)60)42-17-7-3-8-18-42/h3-26,29-39H,1-2H3. The second kappa shape index (κ2) is 15.0. The summed E-state index contributed by atoms with van der Waals surface area (Å²) in [5, 5.41) is 2.52. The van der Waals surface area contributed by atoms with E-state index in [1.807, 2.05) is 120 Å². The Kier molecular flexibility index (Phi) is 8.95. The Morgan fingerprint density at radius 1 is 0.468 bits per heavy atom. The van der Waals surface area contributed by atoms with Gasteiger partial charge in [0.25, 0.3) is 0 Å². The van der Waals surface area contributed by atoms with Crippen LogP contribution in [-0.4, -0.2) is 4.57 Å². The van der Waals surface area contributed by atoms with Crippen molar-refractivity contribution in [3.05, 3.63) is 240 Å². The molecule has 294 valence electrons. The summed E-state index contributed by atoms with van der Waals surface area (Å²) in [6.45, 7) is 4.69. The van der Waals surface area contributed by atoms with Gasteiger partial charge in [0, 0.05) is 49.9 Å². The molecular formula is C59H41FN2. The number of fused-ring (bicyclic) bond motifs is 7.